The van der Waals surface area contributed by atoms with Gasteiger partial charge in [-0.05, 0) is 26.3 Å². The summed E-state index contributed by atoms with van der Waals surface area (Å²) < 4.78 is 0. The van der Waals surface area contributed by atoms with Crippen molar-refractivity contribution >= 4 is 12.0 Å². The second kappa shape index (κ2) is 4.84. The zero-order valence-electron chi connectivity index (χ0n) is 9.78. The summed E-state index contributed by atoms with van der Waals surface area (Å²) in [4.78, 5) is 11.4. The van der Waals surface area contributed by atoms with E-state index in [1.54, 1.807) is 18.2 Å². The maximum atomic E-state index is 11.4. The molecule has 0 saturated carbocycles. The van der Waals surface area contributed by atoms with Crippen LogP contribution in [0.5, 0.6) is 5.75 Å². The van der Waals surface area contributed by atoms with Crippen LogP contribution < -0.4 is 10.4 Å². The zero-order valence-corrected chi connectivity index (χ0v) is 9.78. The molecule has 0 aliphatic carbocycles. The molecule has 0 aromatic heterocycles. The van der Waals surface area contributed by atoms with Crippen LogP contribution in [0, 0.1) is 0 Å². The average Bonchev–Trinajstić information content (AvgIpc) is 2.14. The van der Waals surface area contributed by atoms with Gasteiger partial charge in [-0.3, -0.25) is 4.79 Å². The van der Waals surface area contributed by atoms with Crippen molar-refractivity contribution in [3.63, 3.8) is 0 Å². The quantitative estimate of drug-likeness (QED) is 0.768. The second-order valence-electron chi connectivity index (χ2n) is 4.61. The van der Waals surface area contributed by atoms with Crippen LogP contribution in [-0.2, 0) is 4.79 Å². The molecule has 1 amide bonds. The summed E-state index contributed by atoms with van der Waals surface area (Å²) in [6, 6.07) is 6.60. The van der Waals surface area contributed by atoms with Crippen molar-refractivity contribution in [3.05, 3.63) is 35.9 Å². The van der Waals surface area contributed by atoms with Gasteiger partial charge >= 0.3 is 0 Å². The van der Waals surface area contributed by atoms with Crippen molar-refractivity contribution in [1.29, 1.82) is 0 Å². The molecule has 86 valence electrons. The fraction of sp³-hybridized carbons (Fsp3) is 0.308. The van der Waals surface area contributed by atoms with Crippen molar-refractivity contribution in [2.24, 2.45) is 0 Å². The minimum absolute atomic E-state index is 0.0812. The van der Waals surface area contributed by atoms with Crippen molar-refractivity contribution in [2.75, 3.05) is 0 Å². The van der Waals surface area contributed by atoms with E-state index in [2.05, 4.69) is 5.32 Å². The van der Waals surface area contributed by atoms with E-state index >= 15 is 0 Å². The van der Waals surface area contributed by atoms with Gasteiger partial charge in [0.25, 0.3) is 0 Å². The number of nitrogens with one attached hydrogen (secondary N) is 1. The molecule has 0 bridgehead atoms. The van der Waals surface area contributed by atoms with Gasteiger partial charge in [0.15, 0.2) is 0 Å². The van der Waals surface area contributed by atoms with E-state index < -0.39 is 0 Å². The zero-order chi connectivity index (χ0) is 12.2. The standard InChI is InChI=1S/C13H17NO2/c1-13(2,3)14-12(16)9-8-10-6-4-5-7-11(10)15/h4-9,15H,1-3H3,(H,14,16)/p-1/b9-8-. The highest BCUT2D eigenvalue weighted by molar-refractivity contribution is 5.92. The lowest BCUT2D eigenvalue weighted by molar-refractivity contribution is -0.268. The van der Waals surface area contributed by atoms with Crippen LogP contribution in [0.4, 0.5) is 0 Å². The lowest BCUT2D eigenvalue weighted by Gasteiger charge is -2.19. The maximum absolute atomic E-state index is 11.4. The highest BCUT2D eigenvalue weighted by Gasteiger charge is 2.10. The smallest absolute Gasteiger partial charge is 0.244 e. The molecule has 3 heteroatoms. The monoisotopic (exact) mass is 218 g/mol. The van der Waals surface area contributed by atoms with E-state index in [9.17, 15) is 9.90 Å². The summed E-state index contributed by atoms with van der Waals surface area (Å²) in [6.07, 6.45) is 2.91. The van der Waals surface area contributed by atoms with Gasteiger partial charge in [-0.15, -0.1) is 5.75 Å². The molecule has 0 unspecified atom stereocenters. The number of hydrogen-bond acceptors (Lipinski definition) is 2. The van der Waals surface area contributed by atoms with E-state index in [-0.39, 0.29) is 17.2 Å². The molecular weight excluding hydrogens is 202 g/mol. The summed E-state index contributed by atoms with van der Waals surface area (Å²) >= 11 is 0. The molecule has 0 atom stereocenters. The summed E-state index contributed by atoms with van der Waals surface area (Å²) in [5, 5.41) is 14.1. The van der Waals surface area contributed by atoms with E-state index in [1.165, 1.54) is 18.2 Å². The Labute approximate surface area is 95.8 Å². The molecule has 0 spiro atoms. The van der Waals surface area contributed by atoms with Gasteiger partial charge in [0.2, 0.25) is 5.91 Å². The molecule has 0 radical (unpaired) electrons. The van der Waals surface area contributed by atoms with Gasteiger partial charge in [-0.1, -0.05) is 30.3 Å². The first-order chi connectivity index (χ1) is 7.38. The van der Waals surface area contributed by atoms with Crippen molar-refractivity contribution < 1.29 is 9.90 Å². The topological polar surface area (TPSA) is 52.2 Å². The fourth-order valence-corrected chi connectivity index (χ4v) is 1.19. The van der Waals surface area contributed by atoms with E-state index in [1.807, 2.05) is 20.8 Å². The molecule has 0 aliphatic heterocycles. The molecule has 1 aromatic carbocycles. The van der Waals surface area contributed by atoms with Gasteiger partial charge in [0.1, 0.15) is 0 Å². The molecule has 0 aliphatic rings. The summed E-state index contributed by atoms with van der Waals surface area (Å²) in [5.74, 6) is -0.280. The van der Waals surface area contributed by atoms with Gasteiger partial charge in [0, 0.05) is 11.6 Å². The largest absolute Gasteiger partial charge is 0.872 e. The molecular formula is C13H16NO2-. The van der Waals surface area contributed by atoms with Crippen LogP contribution >= 0.6 is 0 Å². The molecule has 1 aromatic rings. The Morgan fingerprint density at radius 2 is 1.94 bits per heavy atom. The first-order valence-corrected chi connectivity index (χ1v) is 5.15. The Balaban J connectivity index is 2.68. The van der Waals surface area contributed by atoms with Crippen molar-refractivity contribution in [2.45, 2.75) is 26.3 Å². The Bertz CT molecular complexity index is 403. The van der Waals surface area contributed by atoms with Gasteiger partial charge in [-0.2, -0.15) is 0 Å². The number of amides is 1. The minimum Gasteiger partial charge on any atom is -0.872 e. The molecule has 0 saturated heterocycles. The van der Waals surface area contributed by atoms with E-state index in [0.29, 0.717) is 5.56 Å². The van der Waals surface area contributed by atoms with Crippen LogP contribution in [0.3, 0.4) is 0 Å². The minimum atomic E-state index is -0.265. The van der Waals surface area contributed by atoms with E-state index in [0.717, 1.165) is 0 Å². The Morgan fingerprint density at radius 3 is 2.50 bits per heavy atom. The predicted molar refractivity (Wildman–Crippen MR) is 62.8 cm³/mol. The van der Waals surface area contributed by atoms with Gasteiger partial charge < -0.3 is 10.4 Å². The van der Waals surface area contributed by atoms with Crippen molar-refractivity contribution in [3.8, 4) is 5.75 Å². The lowest BCUT2D eigenvalue weighted by Crippen LogP contribution is -2.39. The first-order valence-electron chi connectivity index (χ1n) is 5.15. The van der Waals surface area contributed by atoms with Crippen LogP contribution in [0.25, 0.3) is 6.08 Å². The average molecular weight is 218 g/mol. The molecule has 0 heterocycles. The number of hydrogen-bond donors (Lipinski definition) is 1. The Hall–Kier alpha value is -1.77. The molecule has 1 rings (SSSR count). The van der Waals surface area contributed by atoms with Crippen LogP contribution in [0.1, 0.15) is 26.3 Å². The molecule has 1 N–H and O–H groups in total. The summed E-state index contributed by atoms with van der Waals surface area (Å²) in [7, 11) is 0. The number of carbonyl (C=O) groups excluding carboxylic acids is 1. The number of para-hydroxylation sites is 1. The highest BCUT2D eigenvalue weighted by Crippen LogP contribution is 2.13. The second-order valence-corrected chi connectivity index (χ2v) is 4.61. The fourth-order valence-electron chi connectivity index (χ4n) is 1.19. The lowest BCUT2D eigenvalue weighted by atomic mass is 10.1. The molecule has 3 nitrogen and oxygen atoms in total. The molecule has 16 heavy (non-hydrogen) atoms. The highest BCUT2D eigenvalue weighted by atomic mass is 16.3. The molecule has 0 fully saturated rings. The maximum Gasteiger partial charge on any atom is 0.244 e. The van der Waals surface area contributed by atoms with Gasteiger partial charge in [-0.25, -0.2) is 0 Å². The third-order valence-electron chi connectivity index (χ3n) is 1.83. The number of carbonyl (C=O) groups is 1. The summed E-state index contributed by atoms with van der Waals surface area (Å²) in [6.45, 7) is 5.71. The van der Waals surface area contributed by atoms with Crippen LogP contribution in [-0.4, -0.2) is 11.4 Å². The first kappa shape index (κ1) is 12.3. The number of benzene rings is 1. The third kappa shape index (κ3) is 4.17. The summed E-state index contributed by atoms with van der Waals surface area (Å²) in [5.41, 5.74) is 0.254. The Morgan fingerprint density at radius 1 is 1.31 bits per heavy atom. The predicted octanol–water partition coefficient (Wildman–Crippen LogP) is 1.69. The van der Waals surface area contributed by atoms with E-state index in [4.69, 9.17) is 0 Å². The van der Waals surface area contributed by atoms with Crippen LogP contribution in [0.2, 0.25) is 0 Å². The van der Waals surface area contributed by atoms with Crippen molar-refractivity contribution in [1.82, 2.24) is 5.32 Å². The SMILES string of the molecule is CC(C)(C)NC(=O)/C=C\c1ccccc1[O-]. The van der Waals surface area contributed by atoms with Crippen LogP contribution in [0.15, 0.2) is 30.3 Å². The normalized spacial score (nSPS) is 11.7. The number of rotatable bonds is 2. The van der Waals surface area contributed by atoms with Gasteiger partial charge in [0.05, 0.1) is 0 Å². The Kier molecular flexibility index (Phi) is 3.72. The third-order valence-corrected chi connectivity index (χ3v) is 1.83.